The molecule has 5 nitrogen and oxygen atoms in total. The van der Waals surface area contributed by atoms with Crippen LogP contribution < -0.4 is 0 Å². The molecule has 5 aromatic carbocycles. The van der Waals surface area contributed by atoms with Crippen molar-refractivity contribution in [1.29, 1.82) is 0 Å². The van der Waals surface area contributed by atoms with Gasteiger partial charge in [0.25, 0.3) is 0 Å². The fraction of sp³-hybridized carbons (Fsp3) is 0.0217. The monoisotopic (exact) mass is 681 g/mol. The quantitative estimate of drug-likeness (QED) is 0.182. The molecule has 12 rings (SSSR count). The van der Waals surface area contributed by atoms with Crippen LogP contribution in [0.15, 0.2) is 174 Å². The number of hydrogen-bond acceptors (Lipinski definition) is 4. The van der Waals surface area contributed by atoms with Crippen LogP contribution in [0.3, 0.4) is 0 Å². The second-order valence-electron chi connectivity index (χ2n) is 13.6. The number of aromatic nitrogens is 5. The van der Waals surface area contributed by atoms with E-state index in [1.807, 2.05) is 36.5 Å². The summed E-state index contributed by atoms with van der Waals surface area (Å²) in [6.07, 6.45) is 7.79. The number of rotatable bonds is 2. The van der Waals surface area contributed by atoms with Gasteiger partial charge in [0.1, 0.15) is 0 Å². The Balaban J connectivity index is 1.16. The molecule has 1 aliphatic carbocycles. The van der Waals surface area contributed by atoms with E-state index in [0.29, 0.717) is 0 Å². The SMILES string of the molecule is c1ccc2c(c1)Sc1cc(-n3c4ccccc4c4ccncc43)ccc1C21c2cccnc2-c2ncc(-n3c4ccccc4c4ccccc43)cc21. The van der Waals surface area contributed by atoms with Crippen LogP contribution in [-0.4, -0.2) is 24.1 Å². The van der Waals surface area contributed by atoms with Crippen LogP contribution >= 0.6 is 11.8 Å². The van der Waals surface area contributed by atoms with Crippen LogP contribution in [-0.2, 0) is 5.41 Å². The Labute approximate surface area is 302 Å². The second-order valence-corrected chi connectivity index (χ2v) is 14.7. The zero-order chi connectivity index (χ0) is 34.0. The smallest absolute Gasteiger partial charge is 0.0939 e. The molecule has 6 heteroatoms. The summed E-state index contributed by atoms with van der Waals surface area (Å²) in [5.74, 6) is 0. The van der Waals surface area contributed by atoms with Gasteiger partial charge >= 0.3 is 0 Å². The molecule has 1 unspecified atom stereocenters. The Bertz CT molecular complexity index is 3030. The number of fused-ring (bicyclic) bond motifs is 15. The minimum absolute atomic E-state index is 0.612. The van der Waals surface area contributed by atoms with Crippen LogP contribution in [0.1, 0.15) is 22.3 Å². The first-order valence-electron chi connectivity index (χ1n) is 17.5. The first-order chi connectivity index (χ1) is 25.8. The number of pyridine rings is 3. The van der Waals surface area contributed by atoms with Crippen molar-refractivity contribution in [2.45, 2.75) is 15.2 Å². The minimum atomic E-state index is -0.612. The summed E-state index contributed by atoms with van der Waals surface area (Å²) in [6, 6.07) is 50.7. The maximum atomic E-state index is 5.29. The maximum Gasteiger partial charge on any atom is 0.0939 e. The van der Waals surface area contributed by atoms with Crippen molar-refractivity contribution in [3.8, 4) is 22.8 Å². The van der Waals surface area contributed by atoms with Gasteiger partial charge in [-0.25, -0.2) is 0 Å². The molecule has 0 N–H and O–H groups in total. The summed E-state index contributed by atoms with van der Waals surface area (Å²) < 4.78 is 4.72. The second kappa shape index (κ2) is 10.3. The zero-order valence-electron chi connectivity index (χ0n) is 27.7. The summed E-state index contributed by atoms with van der Waals surface area (Å²) in [6.45, 7) is 0. The van der Waals surface area contributed by atoms with Crippen molar-refractivity contribution in [1.82, 2.24) is 24.1 Å². The van der Waals surface area contributed by atoms with Crippen molar-refractivity contribution in [2.24, 2.45) is 0 Å². The Morgan fingerprint density at radius 3 is 1.81 bits per heavy atom. The lowest BCUT2D eigenvalue weighted by Crippen LogP contribution is -2.32. The van der Waals surface area contributed by atoms with Crippen LogP contribution in [0.4, 0.5) is 0 Å². The van der Waals surface area contributed by atoms with E-state index in [9.17, 15) is 0 Å². The Morgan fingerprint density at radius 1 is 0.423 bits per heavy atom. The van der Waals surface area contributed by atoms with Gasteiger partial charge < -0.3 is 9.13 Å². The number of benzene rings is 5. The first kappa shape index (κ1) is 28.2. The molecule has 0 radical (unpaired) electrons. The number of hydrogen-bond donors (Lipinski definition) is 0. The number of nitrogens with zero attached hydrogens (tertiary/aromatic N) is 5. The molecule has 0 saturated heterocycles. The van der Waals surface area contributed by atoms with E-state index in [4.69, 9.17) is 9.97 Å². The van der Waals surface area contributed by atoms with E-state index < -0.39 is 5.41 Å². The predicted octanol–water partition coefficient (Wildman–Crippen LogP) is 10.9. The van der Waals surface area contributed by atoms with Crippen LogP contribution in [0, 0.1) is 0 Å². The molecular formula is C46H27N5S. The molecule has 6 heterocycles. The molecular weight excluding hydrogens is 655 g/mol. The predicted molar refractivity (Wildman–Crippen MR) is 210 cm³/mol. The van der Waals surface area contributed by atoms with Crippen LogP contribution in [0.5, 0.6) is 0 Å². The summed E-state index contributed by atoms with van der Waals surface area (Å²) in [5, 5.41) is 4.89. The van der Waals surface area contributed by atoms with Gasteiger partial charge in [-0.3, -0.25) is 15.0 Å². The van der Waals surface area contributed by atoms with Crippen molar-refractivity contribution in [3.63, 3.8) is 0 Å². The molecule has 10 aromatic rings. The highest BCUT2D eigenvalue weighted by atomic mass is 32.2. The first-order valence-corrected chi connectivity index (χ1v) is 18.3. The van der Waals surface area contributed by atoms with E-state index >= 15 is 0 Å². The van der Waals surface area contributed by atoms with Gasteiger partial charge in [0.05, 0.1) is 57.0 Å². The van der Waals surface area contributed by atoms with Crippen molar-refractivity contribution >= 4 is 55.4 Å². The molecule has 1 aliphatic heterocycles. The standard InChI is InChI=1S/C46H27N5S/c1-6-16-39-30(10-1)31-11-2-7-17-40(31)51(39)29-24-37-45(49-26-29)44-36(14-9-22-48-44)46(37)34-13-4-8-18-42(34)52-43-25-28(19-20-35(43)46)50-38-15-5-3-12-32(38)33-21-23-47-27-41(33)50/h1-27H. The lowest BCUT2D eigenvalue weighted by Gasteiger charge is -2.39. The zero-order valence-corrected chi connectivity index (χ0v) is 28.5. The maximum absolute atomic E-state index is 5.29. The van der Waals surface area contributed by atoms with E-state index in [-0.39, 0.29) is 0 Å². The van der Waals surface area contributed by atoms with Crippen molar-refractivity contribution in [3.05, 3.63) is 187 Å². The summed E-state index contributed by atoms with van der Waals surface area (Å²) in [7, 11) is 0. The fourth-order valence-electron chi connectivity index (χ4n) is 9.14. The van der Waals surface area contributed by atoms with E-state index in [0.717, 1.165) is 33.8 Å². The Hall–Kier alpha value is -6.50. The normalized spacial score (nSPS) is 15.7. The molecule has 0 saturated carbocycles. The lowest BCUT2D eigenvalue weighted by molar-refractivity contribution is 0.718. The van der Waals surface area contributed by atoms with Gasteiger partial charge in [0.2, 0.25) is 0 Å². The topological polar surface area (TPSA) is 48.5 Å². The third-order valence-electron chi connectivity index (χ3n) is 11.2. The minimum Gasteiger partial charge on any atom is -0.308 e. The third kappa shape index (κ3) is 3.52. The molecule has 0 bridgehead atoms. The van der Waals surface area contributed by atoms with Gasteiger partial charge in [0.15, 0.2) is 0 Å². The molecule has 1 atom stereocenters. The summed E-state index contributed by atoms with van der Waals surface area (Å²) >= 11 is 1.85. The highest BCUT2D eigenvalue weighted by molar-refractivity contribution is 7.99. The molecule has 52 heavy (non-hydrogen) atoms. The Kier molecular flexibility index (Phi) is 5.58. The van der Waals surface area contributed by atoms with Gasteiger partial charge in [0, 0.05) is 55.0 Å². The highest BCUT2D eigenvalue weighted by Crippen LogP contribution is 2.61. The molecule has 0 amide bonds. The molecule has 242 valence electrons. The molecule has 5 aromatic heterocycles. The average molecular weight is 682 g/mol. The third-order valence-corrected chi connectivity index (χ3v) is 12.3. The largest absolute Gasteiger partial charge is 0.308 e. The van der Waals surface area contributed by atoms with Crippen molar-refractivity contribution < 1.29 is 0 Å². The highest BCUT2D eigenvalue weighted by Gasteiger charge is 2.51. The van der Waals surface area contributed by atoms with E-state index in [2.05, 4.69) is 154 Å². The average Bonchev–Trinajstić information content (AvgIpc) is 3.82. The molecule has 2 aliphatic rings. The van der Waals surface area contributed by atoms with Gasteiger partial charge in [-0.15, -0.1) is 0 Å². The summed E-state index contributed by atoms with van der Waals surface area (Å²) in [4.78, 5) is 17.3. The number of para-hydroxylation sites is 3. The van der Waals surface area contributed by atoms with Gasteiger partial charge in [-0.1, -0.05) is 96.7 Å². The van der Waals surface area contributed by atoms with E-state index in [1.54, 1.807) is 0 Å². The van der Waals surface area contributed by atoms with Gasteiger partial charge in [-0.05, 0) is 71.3 Å². The van der Waals surface area contributed by atoms with E-state index in [1.165, 1.54) is 64.6 Å². The fourth-order valence-corrected chi connectivity index (χ4v) is 10.4. The molecule has 0 fully saturated rings. The molecule has 1 spiro atoms. The summed E-state index contributed by atoms with van der Waals surface area (Å²) in [5.41, 5.74) is 12.8. The van der Waals surface area contributed by atoms with Crippen LogP contribution in [0.25, 0.3) is 66.4 Å². The Morgan fingerprint density at radius 2 is 1.04 bits per heavy atom. The van der Waals surface area contributed by atoms with Crippen molar-refractivity contribution in [2.75, 3.05) is 0 Å². The van der Waals surface area contributed by atoms with Gasteiger partial charge in [-0.2, -0.15) is 0 Å². The lowest BCUT2D eigenvalue weighted by atomic mass is 9.67. The van der Waals surface area contributed by atoms with Crippen LogP contribution in [0.2, 0.25) is 0 Å².